The molecule has 0 spiro atoms. The molecule has 0 aromatic heterocycles. The van der Waals surface area contributed by atoms with Crippen molar-refractivity contribution in [1.82, 2.24) is 4.90 Å². The first kappa shape index (κ1) is 6.43. The lowest BCUT2D eigenvalue weighted by Gasteiger charge is -2.18. The van der Waals surface area contributed by atoms with Crippen molar-refractivity contribution in [2.45, 2.75) is 31.2 Å². The van der Waals surface area contributed by atoms with Gasteiger partial charge in [0.15, 0.2) is 0 Å². The van der Waals surface area contributed by atoms with Crippen molar-refractivity contribution >= 4 is 12.6 Å². The number of hydrogen-bond acceptors (Lipinski definition) is 2. The maximum atomic E-state index is 4.37. The van der Waals surface area contributed by atoms with E-state index in [2.05, 4.69) is 31.5 Å². The van der Waals surface area contributed by atoms with Crippen LogP contribution < -0.4 is 0 Å². The van der Waals surface area contributed by atoms with Crippen LogP contribution in [0.4, 0.5) is 0 Å². The molecule has 0 aromatic rings. The van der Waals surface area contributed by atoms with Gasteiger partial charge in [-0.05, 0) is 26.8 Å². The van der Waals surface area contributed by atoms with Crippen molar-refractivity contribution in [3.8, 4) is 0 Å². The molecule has 1 saturated heterocycles. The zero-order chi connectivity index (χ0) is 6.15. The third-order valence-electron chi connectivity index (χ3n) is 2.01. The van der Waals surface area contributed by atoms with E-state index in [9.17, 15) is 0 Å². The van der Waals surface area contributed by atoms with Gasteiger partial charge in [-0.25, -0.2) is 0 Å². The SMILES string of the molecule is CC1CCC(S)N1C. The van der Waals surface area contributed by atoms with E-state index < -0.39 is 0 Å². The lowest BCUT2D eigenvalue weighted by molar-refractivity contribution is 0.313. The normalized spacial score (nSPS) is 40.9. The fraction of sp³-hybridized carbons (Fsp3) is 1.00. The summed E-state index contributed by atoms with van der Waals surface area (Å²) >= 11 is 4.37. The van der Waals surface area contributed by atoms with Gasteiger partial charge in [0.2, 0.25) is 0 Å². The molecular weight excluding hydrogens is 118 g/mol. The fourth-order valence-corrected chi connectivity index (χ4v) is 1.47. The first-order chi connectivity index (χ1) is 3.72. The zero-order valence-electron chi connectivity index (χ0n) is 5.46. The van der Waals surface area contributed by atoms with Gasteiger partial charge in [0, 0.05) is 6.04 Å². The lowest BCUT2D eigenvalue weighted by atomic mass is 10.2. The van der Waals surface area contributed by atoms with E-state index in [0.717, 1.165) is 6.04 Å². The maximum absolute atomic E-state index is 4.37. The Bertz CT molecular complexity index is 74.6. The molecule has 1 nitrogen and oxygen atoms in total. The van der Waals surface area contributed by atoms with Crippen LogP contribution in [0.2, 0.25) is 0 Å². The van der Waals surface area contributed by atoms with Crippen molar-refractivity contribution < 1.29 is 0 Å². The highest BCUT2D eigenvalue weighted by Crippen LogP contribution is 2.23. The zero-order valence-corrected chi connectivity index (χ0v) is 6.36. The summed E-state index contributed by atoms with van der Waals surface area (Å²) in [6.07, 6.45) is 2.56. The van der Waals surface area contributed by atoms with E-state index in [1.807, 2.05) is 0 Å². The van der Waals surface area contributed by atoms with E-state index in [4.69, 9.17) is 0 Å². The molecule has 1 heterocycles. The van der Waals surface area contributed by atoms with Crippen molar-refractivity contribution in [1.29, 1.82) is 0 Å². The second kappa shape index (κ2) is 2.28. The van der Waals surface area contributed by atoms with Crippen LogP contribution in [0.3, 0.4) is 0 Å². The highest BCUT2D eigenvalue weighted by Gasteiger charge is 2.23. The first-order valence-corrected chi connectivity index (χ1v) is 3.63. The van der Waals surface area contributed by atoms with Gasteiger partial charge in [-0.1, -0.05) is 0 Å². The third-order valence-corrected chi connectivity index (χ3v) is 2.63. The molecule has 0 amide bonds. The van der Waals surface area contributed by atoms with Gasteiger partial charge in [0.25, 0.3) is 0 Å². The van der Waals surface area contributed by atoms with Crippen LogP contribution in [0, 0.1) is 0 Å². The number of rotatable bonds is 0. The molecule has 0 aromatic carbocycles. The molecule has 1 aliphatic rings. The second-order valence-electron chi connectivity index (χ2n) is 2.57. The van der Waals surface area contributed by atoms with E-state index in [-0.39, 0.29) is 0 Å². The van der Waals surface area contributed by atoms with Gasteiger partial charge in [0.1, 0.15) is 0 Å². The first-order valence-electron chi connectivity index (χ1n) is 3.12. The molecule has 8 heavy (non-hydrogen) atoms. The molecule has 0 radical (unpaired) electrons. The Morgan fingerprint density at radius 1 is 1.50 bits per heavy atom. The summed E-state index contributed by atoms with van der Waals surface area (Å²) in [6.45, 7) is 2.25. The van der Waals surface area contributed by atoms with Crippen LogP contribution in [0.25, 0.3) is 0 Å². The van der Waals surface area contributed by atoms with Crippen molar-refractivity contribution in [2.75, 3.05) is 7.05 Å². The Hall–Kier alpha value is 0.310. The standard InChI is InChI=1S/C6H13NS/c1-5-3-4-6(8)7(5)2/h5-6,8H,3-4H2,1-2H3. The van der Waals surface area contributed by atoms with Crippen LogP contribution in [0.15, 0.2) is 0 Å². The predicted molar refractivity (Wildman–Crippen MR) is 39.2 cm³/mol. The summed E-state index contributed by atoms with van der Waals surface area (Å²) in [5.41, 5.74) is 0. The predicted octanol–water partition coefficient (Wildman–Crippen LogP) is 1.36. The van der Waals surface area contributed by atoms with Gasteiger partial charge >= 0.3 is 0 Å². The van der Waals surface area contributed by atoms with Crippen molar-refractivity contribution in [2.24, 2.45) is 0 Å². The smallest absolute Gasteiger partial charge is 0.0527 e. The summed E-state index contributed by atoms with van der Waals surface area (Å²) in [4.78, 5) is 2.31. The molecule has 1 fully saturated rings. The minimum absolute atomic E-state index is 0.519. The molecule has 0 aliphatic carbocycles. The summed E-state index contributed by atoms with van der Waals surface area (Å²) in [7, 11) is 2.13. The summed E-state index contributed by atoms with van der Waals surface area (Å²) in [6, 6.07) is 0.748. The molecule has 1 aliphatic heterocycles. The van der Waals surface area contributed by atoms with E-state index >= 15 is 0 Å². The minimum Gasteiger partial charge on any atom is -0.292 e. The largest absolute Gasteiger partial charge is 0.292 e. The maximum Gasteiger partial charge on any atom is 0.0527 e. The van der Waals surface area contributed by atoms with Crippen LogP contribution in [-0.4, -0.2) is 23.4 Å². The average molecular weight is 131 g/mol. The van der Waals surface area contributed by atoms with Gasteiger partial charge in [-0.15, -0.1) is 0 Å². The molecule has 2 atom stereocenters. The number of nitrogens with zero attached hydrogens (tertiary/aromatic N) is 1. The van der Waals surface area contributed by atoms with Crippen molar-refractivity contribution in [3.63, 3.8) is 0 Å². The number of hydrogen-bond donors (Lipinski definition) is 1. The van der Waals surface area contributed by atoms with Gasteiger partial charge < -0.3 is 0 Å². The van der Waals surface area contributed by atoms with Crippen LogP contribution in [0.5, 0.6) is 0 Å². The topological polar surface area (TPSA) is 3.24 Å². The third kappa shape index (κ3) is 1.00. The lowest BCUT2D eigenvalue weighted by Crippen LogP contribution is -2.26. The van der Waals surface area contributed by atoms with Gasteiger partial charge in [-0.3, -0.25) is 4.90 Å². The quantitative estimate of drug-likeness (QED) is 0.486. The van der Waals surface area contributed by atoms with Crippen LogP contribution in [0.1, 0.15) is 19.8 Å². The second-order valence-corrected chi connectivity index (χ2v) is 3.17. The molecule has 2 heteroatoms. The van der Waals surface area contributed by atoms with Crippen LogP contribution in [-0.2, 0) is 0 Å². The number of likely N-dealkylation sites (tertiary alicyclic amines) is 1. The average Bonchev–Trinajstić information content (AvgIpc) is 1.98. The van der Waals surface area contributed by atoms with Crippen molar-refractivity contribution in [3.05, 3.63) is 0 Å². The molecular formula is C6H13NS. The van der Waals surface area contributed by atoms with Crippen LogP contribution >= 0.6 is 12.6 Å². The Labute approximate surface area is 56.5 Å². The monoisotopic (exact) mass is 131 g/mol. The molecule has 2 unspecified atom stereocenters. The summed E-state index contributed by atoms with van der Waals surface area (Å²) in [5, 5.41) is 0.519. The summed E-state index contributed by atoms with van der Waals surface area (Å²) in [5.74, 6) is 0. The molecule has 0 saturated carbocycles. The highest BCUT2D eigenvalue weighted by molar-refractivity contribution is 7.80. The Morgan fingerprint density at radius 3 is 2.25 bits per heavy atom. The van der Waals surface area contributed by atoms with E-state index in [0.29, 0.717) is 5.37 Å². The molecule has 48 valence electrons. The Kier molecular flexibility index (Phi) is 1.83. The van der Waals surface area contributed by atoms with Gasteiger partial charge in [-0.2, -0.15) is 12.6 Å². The minimum atomic E-state index is 0.519. The van der Waals surface area contributed by atoms with Gasteiger partial charge in [0.05, 0.1) is 5.37 Å². The van der Waals surface area contributed by atoms with E-state index in [1.165, 1.54) is 12.8 Å². The highest BCUT2D eigenvalue weighted by atomic mass is 32.1. The number of thiol groups is 1. The summed E-state index contributed by atoms with van der Waals surface area (Å²) < 4.78 is 0. The Morgan fingerprint density at radius 2 is 2.12 bits per heavy atom. The molecule has 1 rings (SSSR count). The Balaban J connectivity index is 2.44. The molecule has 0 N–H and O–H groups in total. The van der Waals surface area contributed by atoms with E-state index in [1.54, 1.807) is 0 Å². The molecule has 0 bridgehead atoms. The fourth-order valence-electron chi connectivity index (χ4n) is 1.09.